The number of hydrogen-bond acceptors (Lipinski definition) is 3. The molecule has 1 heterocycles. The van der Waals surface area contributed by atoms with Gasteiger partial charge in [-0.05, 0) is 18.9 Å². The third-order valence-electron chi connectivity index (χ3n) is 1.98. The van der Waals surface area contributed by atoms with E-state index < -0.39 is 18.0 Å². The van der Waals surface area contributed by atoms with Crippen molar-refractivity contribution < 1.29 is 19.8 Å². The summed E-state index contributed by atoms with van der Waals surface area (Å²) in [5.41, 5.74) is 0. The second-order valence-electron chi connectivity index (χ2n) is 3.00. The van der Waals surface area contributed by atoms with Crippen LogP contribution in [0.3, 0.4) is 0 Å². The van der Waals surface area contributed by atoms with Gasteiger partial charge in [0.05, 0.1) is 0 Å². The lowest BCUT2D eigenvalue weighted by atomic mass is 10.0. The van der Waals surface area contributed by atoms with Crippen molar-refractivity contribution in [2.45, 2.75) is 18.9 Å². The van der Waals surface area contributed by atoms with Crippen molar-refractivity contribution in [1.29, 1.82) is 0 Å². The minimum Gasteiger partial charge on any atom is -0.481 e. The van der Waals surface area contributed by atoms with Gasteiger partial charge in [-0.15, -0.1) is 0 Å². The first-order valence-electron chi connectivity index (χ1n) is 3.77. The average molecular weight is 173 g/mol. The standard InChI is InChI=1S/C7H11NO4/c9-6(10)2-4-1-5(7(11)12)8-3-4/h4-5,8H,1-3H2,(H,9,10)(H,11,12)/t4-,5+/m1/s1. The summed E-state index contributed by atoms with van der Waals surface area (Å²) in [6.07, 6.45) is 0.471. The fraction of sp³-hybridized carbons (Fsp3) is 0.714. The van der Waals surface area contributed by atoms with Gasteiger partial charge in [0.15, 0.2) is 0 Å². The van der Waals surface area contributed by atoms with Crippen molar-refractivity contribution >= 4 is 11.9 Å². The van der Waals surface area contributed by atoms with E-state index in [0.717, 1.165) is 0 Å². The topological polar surface area (TPSA) is 86.6 Å². The van der Waals surface area contributed by atoms with E-state index in [9.17, 15) is 9.59 Å². The maximum atomic E-state index is 10.4. The van der Waals surface area contributed by atoms with E-state index in [0.29, 0.717) is 13.0 Å². The van der Waals surface area contributed by atoms with Gasteiger partial charge in [-0.2, -0.15) is 0 Å². The fourth-order valence-electron chi connectivity index (χ4n) is 1.40. The maximum Gasteiger partial charge on any atom is 0.320 e. The van der Waals surface area contributed by atoms with Crippen molar-refractivity contribution in [3.8, 4) is 0 Å². The predicted octanol–water partition coefficient (Wildman–Crippen LogP) is -0.476. The zero-order valence-electron chi connectivity index (χ0n) is 6.49. The Bertz CT molecular complexity index is 204. The van der Waals surface area contributed by atoms with Crippen molar-refractivity contribution in [1.82, 2.24) is 5.32 Å². The molecule has 0 bridgehead atoms. The highest BCUT2D eigenvalue weighted by molar-refractivity contribution is 5.74. The largest absolute Gasteiger partial charge is 0.481 e. The van der Waals surface area contributed by atoms with Gasteiger partial charge in [-0.1, -0.05) is 0 Å². The van der Waals surface area contributed by atoms with Gasteiger partial charge in [0, 0.05) is 6.42 Å². The quantitative estimate of drug-likeness (QED) is 0.536. The summed E-state index contributed by atoms with van der Waals surface area (Å²) < 4.78 is 0. The van der Waals surface area contributed by atoms with E-state index >= 15 is 0 Å². The van der Waals surface area contributed by atoms with Crippen molar-refractivity contribution in [2.24, 2.45) is 5.92 Å². The molecule has 3 N–H and O–H groups in total. The molecule has 0 saturated carbocycles. The Morgan fingerprint density at radius 1 is 1.42 bits per heavy atom. The number of hydrogen-bond donors (Lipinski definition) is 3. The van der Waals surface area contributed by atoms with Crippen LogP contribution in [0.4, 0.5) is 0 Å². The Labute approximate surface area is 69.4 Å². The molecule has 0 radical (unpaired) electrons. The summed E-state index contributed by atoms with van der Waals surface area (Å²) >= 11 is 0. The summed E-state index contributed by atoms with van der Waals surface area (Å²) in [7, 11) is 0. The third kappa shape index (κ3) is 2.20. The van der Waals surface area contributed by atoms with Crippen LogP contribution in [0.25, 0.3) is 0 Å². The summed E-state index contributed by atoms with van der Waals surface area (Å²) in [6, 6.07) is -0.561. The zero-order valence-corrected chi connectivity index (χ0v) is 6.49. The SMILES string of the molecule is O=C(O)C[C@@H]1CN[C@H](C(=O)O)C1. The van der Waals surface area contributed by atoms with Gasteiger partial charge in [0.1, 0.15) is 6.04 Å². The van der Waals surface area contributed by atoms with E-state index in [4.69, 9.17) is 10.2 Å². The normalized spacial score (nSPS) is 28.7. The van der Waals surface area contributed by atoms with E-state index in [2.05, 4.69) is 5.32 Å². The number of aliphatic carboxylic acids is 2. The Morgan fingerprint density at radius 2 is 2.08 bits per heavy atom. The molecule has 0 aromatic carbocycles. The monoisotopic (exact) mass is 173 g/mol. The maximum absolute atomic E-state index is 10.4. The van der Waals surface area contributed by atoms with Crippen LogP contribution >= 0.6 is 0 Å². The molecule has 0 aliphatic carbocycles. The highest BCUT2D eigenvalue weighted by Gasteiger charge is 2.30. The first-order valence-corrected chi connectivity index (χ1v) is 3.77. The molecule has 5 heteroatoms. The molecule has 1 aliphatic rings. The second-order valence-corrected chi connectivity index (χ2v) is 3.00. The lowest BCUT2D eigenvalue weighted by Crippen LogP contribution is -2.29. The first-order chi connectivity index (χ1) is 5.59. The molecule has 1 saturated heterocycles. The summed E-state index contributed by atoms with van der Waals surface area (Å²) in [6.45, 7) is 0.489. The molecule has 0 spiro atoms. The molecule has 0 aromatic rings. The number of carboxylic acid groups (broad SMARTS) is 2. The van der Waals surface area contributed by atoms with Crippen LogP contribution < -0.4 is 5.32 Å². The minimum atomic E-state index is -0.900. The van der Waals surface area contributed by atoms with Gasteiger partial charge in [0.2, 0.25) is 0 Å². The molecule has 1 fully saturated rings. The summed E-state index contributed by atoms with van der Waals surface area (Å²) in [4.78, 5) is 20.7. The van der Waals surface area contributed by atoms with Crippen LogP contribution in [-0.4, -0.2) is 34.7 Å². The third-order valence-corrected chi connectivity index (χ3v) is 1.98. The Kier molecular flexibility index (Phi) is 2.65. The molecular formula is C7H11NO4. The Hall–Kier alpha value is -1.10. The van der Waals surface area contributed by atoms with Crippen molar-refractivity contribution in [3.05, 3.63) is 0 Å². The van der Waals surface area contributed by atoms with E-state index in [1.165, 1.54) is 0 Å². The number of carboxylic acids is 2. The number of nitrogens with one attached hydrogen (secondary N) is 1. The van der Waals surface area contributed by atoms with Crippen molar-refractivity contribution in [3.63, 3.8) is 0 Å². The minimum absolute atomic E-state index is 0.0383. The van der Waals surface area contributed by atoms with Crippen LogP contribution in [-0.2, 0) is 9.59 Å². The smallest absolute Gasteiger partial charge is 0.320 e. The molecule has 1 rings (SSSR count). The molecule has 2 atom stereocenters. The molecule has 1 aliphatic heterocycles. The molecule has 12 heavy (non-hydrogen) atoms. The van der Waals surface area contributed by atoms with Crippen LogP contribution in [0.15, 0.2) is 0 Å². The van der Waals surface area contributed by atoms with Gasteiger partial charge in [0.25, 0.3) is 0 Å². The van der Waals surface area contributed by atoms with Gasteiger partial charge in [-0.3, -0.25) is 9.59 Å². The molecule has 5 nitrogen and oxygen atoms in total. The molecule has 0 aromatic heterocycles. The highest BCUT2D eigenvalue weighted by Crippen LogP contribution is 2.17. The molecule has 0 unspecified atom stereocenters. The lowest BCUT2D eigenvalue weighted by molar-refractivity contribution is -0.140. The number of rotatable bonds is 3. The Balaban J connectivity index is 2.35. The van der Waals surface area contributed by atoms with E-state index in [1.807, 2.05) is 0 Å². The number of carbonyl (C=O) groups is 2. The summed E-state index contributed by atoms with van der Waals surface area (Å²) in [5, 5.41) is 19.7. The first kappa shape index (κ1) is 8.99. The van der Waals surface area contributed by atoms with Crippen LogP contribution in [0, 0.1) is 5.92 Å². The predicted molar refractivity (Wildman–Crippen MR) is 39.8 cm³/mol. The molecular weight excluding hydrogens is 162 g/mol. The highest BCUT2D eigenvalue weighted by atomic mass is 16.4. The zero-order chi connectivity index (χ0) is 9.14. The lowest BCUT2D eigenvalue weighted by Gasteiger charge is -2.02. The second kappa shape index (κ2) is 3.53. The van der Waals surface area contributed by atoms with Crippen molar-refractivity contribution in [2.75, 3.05) is 6.54 Å². The molecule has 0 amide bonds. The fourth-order valence-corrected chi connectivity index (χ4v) is 1.40. The van der Waals surface area contributed by atoms with E-state index in [-0.39, 0.29) is 12.3 Å². The average Bonchev–Trinajstić information content (AvgIpc) is 2.34. The van der Waals surface area contributed by atoms with Gasteiger partial charge < -0.3 is 15.5 Å². The van der Waals surface area contributed by atoms with Gasteiger partial charge >= 0.3 is 11.9 Å². The van der Waals surface area contributed by atoms with Crippen LogP contribution in [0.5, 0.6) is 0 Å². The molecule has 68 valence electrons. The van der Waals surface area contributed by atoms with Crippen LogP contribution in [0.2, 0.25) is 0 Å². The summed E-state index contributed by atoms with van der Waals surface area (Å²) in [5.74, 6) is -1.81. The van der Waals surface area contributed by atoms with Crippen LogP contribution in [0.1, 0.15) is 12.8 Å². The van der Waals surface area contributed by atoms with E-state index in [1.54, 1.807) is 0 Å². The Morgan fingerprint density at radius 3 is 2.50 bits per heavy atom. The van der Waals surface area contributed by atoms with Gasteiger partial charge in [-0.25, -0.2) is 0 Å².